The van der Waals surface area contributed by atoms with Gasteiger partial charge in [0.05, 0.1) is 10.2 Å². The average Bonchev–Trinajstić information content (AvgIpc) is 2.81. The van der Waals surface area contributed by atoms with Crippen LogP contribution in [0.1, 0.15) is 61.9 Å². The molecule has 0 aliphatic carbocycles. The molecule has 0 aliphatic rings. The molecular formula is C17H25NS. The molecule has 19 heavy (non-hydrogen) atoms. The SMILES string of the molecule is CCc1nc2c(CC)c(CC)sc2c(CC)c1CC. The van der Waals surface area contributed by atoms with Crippen LogP contribution < -0.4 is 0 Å². The highest BCUT2D eigenvalue weighted by molar-refractivity contribution is 7.19. The molecule has 2 heterocycles. The van der Waals surface area contributed by atoms with Gasteiger partial charge >= 0.3 is 0 Å². The molecule has 0 amide bonds. The predicted octanol–water partition coefficient (Wildman–Crippen LogP) is 5.11. The Morgan fingerprint density at radius 3 is 1.84 bits per heavy atom. The van der Waals surface area contributed by atoms with Crippen LogP contribution >= 0.6 is 11.3 Å². The van der Waals surface area contributed by atoms with Crippen molar-refractivity contribution in [1.82, 2.24) is 4.98 Å². The van der Waals surface area contributed by atoms with Crippen LogP contribution in [-0.4, -0.2) is 4.98 Å². The molecule has 0 spiro atoms. The number of rotatable bonds is 5. The van der Waals surface area contributed by atoms with Crippen molar-refractivity contribution < 1.29 is 0 Å². The van der Waals surface area contributed by atoms with Crippen LogP contribution in [0.3, 0.4) is 0 Å². The summed E-state index contributed by atoms with van der Waals surface area (Å²) in [6, 6.07) is 0. The zero-order valence-corrected chi connectivity index (χ0v) is 13.7. The number of aromatic nitrogens is 1. The summed E-state index contributed by atoms with van der Waals surface area (Å²) in [5.74, 6) is 0. The van der Waals surface area contributed by atoms with Gasteiger partial charge in [-0.3, -0.25) is 4.98 Å². The van der Waals surface area contributed by atoms with E-state index in [0.717, 1.165) is 32.1 Å². The van der Waals surface area contributed by atoms with Gasteiger partial charge in [-0.05, 0) is 48.8 Å². The molecular weight excluding hydrogens is 250 g/mol. The first-order valence-corrected chi connectivity index (χ1v) is 8.48. The van der Waals surface area contributed by atoms with Crippen LogP contribution in [0.15, 0.2) is 0 Å². The summed E-state index contributed by atoms with van der Waals surface area (Å²) in [5, 5.41) is 0. The average molecular weight is 275 g/mol. The molecule has 0 atom stereocenters. The second-order valence-corrected chi connectivity index (χ2v) is 6.07. The molecule has 2 aromatic heterocycles. The van der Waals surface area contributed by atoms with Crippen molar-refractivity contribution in [3.05, 3.63) is 27.3 Å². The summed E-state index contributed by atoms with van der Waals surface area (Å²) in [6.07, 6.45) is 5.52. The minimum Gasteiger partial charge on any atom is -0.251 e. The molecule has 0 aromatic carbocycles. The number of aryl methyl sites for hydroxylation is 4. The lowest BCUT2D eigenvalue weighted by molar-refractivity contribution is 0.945. The number of thiophene rings is 1. The Morgan fingerprint density at radius 1 is 0.737 bits per heavy atom. The van der Waals surface area contributed by atoms with Crippen molar-refractivity contribution in [2.75, 3.05) is 0 Å². The Bertz CT molecular complexity index is 581. The number of nitrogens with zero attached hydrogens (tertiary/aromatic N) is 1. The normalized spacial score (nSPS) is 11.4. The Morgan fingerprint density at radius 2 is 1.37 bits per heavy atom. The maximum Gasteiger partial charge on any atom is 0.0850 e. The van der Waals surface area contributed by atoms with E-state index in [0.29, 0.717) is 0 Å². The summed E-state index contributed by atoms with van der Waals surface area (Å²) < 4.78 is 1.46. The fourth-order valence-electron chi connectivity index (χ4n) is 3.07. The first-order chi connectivity index (χ1) is 9.21. The summed E-state index contributed by atoms with van der Waals surface area (Å²) >= 11 is 1.99. The van der Waals surface area contributed by atoms with Crippen LogP contribution in [0, 0.1) is 0 Å². The first kappa shape index (κ1) is 14.5. The lowest BCUT2D eigenvalue weighted by Gasteiger charge is -2.12. The van der Waals surface area contributed by atoms with Crippen molar-refractivity contribution in [3.63, 3.8) is 0 Å². The molecule has 2 heteroatoms. The summed E-state index contributed by atoms with van der Waals surface area (Å²) in [4.78, 5) is 6.56. The van der Waals surface area contributed by atoms with Gasteiger partial charge in [0.2, 0.25) is 0 Å². The van der Waals surface area contributed by atoms with Crippen molar-refractivity contribution in [2.45, 2.75) is 66.7 Å². The minimum absolute atomic E-state index is 1.05. The van der Waals surface area contributed by atoms with Crippen LogP contribution in [0.4, 0.5) is 0 Å². The highest BCUT2D eigenvalue weighted by atomic mass is 32.1. The molecule has 0 N–H and O–H groups in total. The zero-order chi connectivity index (χ0) is 14.0. The quantitative estimate of drug-likeness (QED) is 0.739. The van der Waals surface area contributed by atoms with Crippen LogP contribution in [0.5, 0.6) is 0 Å². The van der Waals surface area contributed by atoms with E-state index in [2.05, 4.69) is 34.6 Å². The minimum atomic E-state index is 1.05. The monoisotopic (exact) mass is 275 g/mol. The molecule has 0 aliphatic heterocycles. The number of fused-ring (bicyclic) bond motifs is 1. The maximum atomic E-state index is 5.02. The van der Waals surface area contributed by atoms with Gasteiger partial charge in [-0.25, -0.2) is 0 Å². The first-order valence-electron chi connectivity index (χ1n) is 7.66. The number of hydrogen-bond donors (Lipinski definition) is 0. The topological polar surface area (TPSA) is 12.9 Å². The Kier molecular flexibility index (Phi) is 4.62. The van der Waals surface area contributed by atoms with E-state index < -0.39 is 0 Å². The van der Waals surface area contributed by atoms with E-state index in [-0.39, 0.29) is 0 Å². The van der Waals surface area contributed by atoms with Gasteiger partial charge in [0, 0.05) is 10.6 Å². The summed E-state index contributed by atoms with van der Waals surface area (Å²) in [5.41, 5.74) is 7.18. The highest BCUT2D eigenvalue weighted by Crippen LogP contribution is 2.36. The third-order valence-electron chi connectivity index (χ3n) is 4.01. The van der Waals surface area contributed by atoms with E-state index in [1.165, 1.54) is 31.9 Å². The Labute approximate surface area is 121 Å². The summed E-state index contributed by atoms with van der Waals surface area (Å²) in [7, 11) is 0. The lowest BCUT2D eigenvalue weighted by atomic mass is 9.98. The van der Waals surface area contributed by atoms with Gasteiger partial charge < -0.3 is 0 Å². The second kappa shape index (κ2) is 6.04. The van der Waals surface area contributed by atoms with E-state index in [9.17, 15) is 0 Å². The molecule has 0 bridgehead atoms. The molecule has 104 valence electrons. The molecule has 0 saturated heterocycles. The summed E-state index contributed by atoms with van der Waals surface area (Å²) in [6.45, 7) is 11.3. The maximum absolute atomic E-state index is 5.02. The van der Waals surface area contributed by atoms with Gasteiger partial charge in [-0.2, -0.15) is 0 Å². The van der Waals surface area contributed by atoms with Gasteiger partial charge in [-0.15, -0.1) is 11.3 Å². The molecule has 2 aromatic rings. The molecule has 0 saturated carbocycles. The molecule has 1 nitrogen and oxygen atoms in total. The predicted molar refractivity (Wildman–Crippen MR) is 86.5 cm³/mol. The Balaban J connectivity index is 2.86. The Hall–Kier alpha value is -0.890. The van der Waals surface area contributed by atoms with Crippen molar-refractivity contribution in [1.29, 1.82) is 0 Å². The van der Waals surface area contributed by atoms with E-state index in [1.807, 2.05) is 11.3 Å². The van der Waals surface area contributed by atoms with Crippen molar-refractivity contribution in [2.24, 2.45) is 0 Å². The van der Waals surface area contributed by atoms with Crippen LogP contribution in [0.2, 0.25) is 0 Å². The molecule has 0 unspecified atom stereocenters. The lowest BCUT2D eigenvalue weighted by Crippen LogP contribution is -2.02. The highest BCUT2D eigenvalue weighted by Gasteiger charge is 2.18. The second-order valence-electron chi connectivity index (χ2n) is 4.96. The van der Waals surface area contributed by atoms with Crippen LogP contribution in [-0.2, 0) is 32.1 Å². The molecule has 0 fully saturated rings. The third-order valence-corrected chi connectivity index (χ3v) is 5.44. The van der Waals surface area contributed by atoms with E-state index in [4.69, 9.17) is 4.98 Å². The van der Waals surface area contributed by atoms with E-state index >= 15 is 0 Å². The number of hydrogen-bond acceptors (Lipinski definition) is 2. The van der Waals surface area contributed by atoms with Gasteiger partial charge in [0.25, 0.3) is 0 Å². The fraction of sp³-hybridized carbons (Fsp3) is 0.588. The third kappa shape index (κ3) is 2.31. The number of pyridine rings is 1. The zero-order valence-electron chi connectivity index (χ0n) is 12.9. The van der Waals surface area contributed by atoms with Gasteiger partial charge in [0.1, 0.15) is 0 Å². The largest absolute Gasteiger partial charge is 0.251 e. The smallest absolute Gasteiger partial charge is 0.0850 e. The van der Waals surface area contributed by atoms with Crippen molar-refractivity contribution >= 4 is 21.6 Å². The van der Waals surface area contributed by atoms with Gasteiger partial charge in [-0.1, -0.05) is 34.6 Å². The standard InChI is InChI=1S/C17H25NS/c1-6-11-12(7-2)17-16(18-14(11)9-4)13(8-3)15(10-5)19-17/h6-10H2,1-5H3. The molecule has 0 radical (unpaired) electrons. The van der Waals surface area contributed by atoms with Crippen LogP contribution in [0.25, 0.3) is 10.2 Å². The molecule has 2 rings (SSSR count). The van der Waals surface area contributed by atoms with E-state index in [1.54, 1.807) is 5.56 Å². The van der Waals surface area contributed by atoms with Gasteiger partial charge in [0.15, 0.2) is 0 Å². The fourth-order valence-corrected chi connectivity index (χ4v) is 4.48. The van der Waals surface area contributed by atoms with Crippen molar-refractivity contribution in [3.8, 4) is 0 Å².